The molecule has 0 saturated heterocycles. The molecule has 0 bridgehead atoms. The van der Waals surface area contributed by atoms with Gasteiger partial charge in [0.05, 0.1) is 6.42 Å². The number of aliphatic carboxylic acids is 1. The molecule has 0 aromatic carbocycles. The number of carbonyl (C=O) groups excluding carboxylic acids is 1. The SMILES string of the molecule is CCCNC(=O)CCn1c(C)c(CC(=O)O)c(C)nc1=O. The zero-order chi connectivity index (χ0) is 16.0. The lowest BCUT2D eigenvalue weighted by Crippen LogP contribution is -2.31. The molecular weight excluding hydrogens is 274 g/mol. The summed E-state index contributed by atoms with van der Waals surface area (Å²) >= 11 is 0. The molecule has 1 amide bonds. The van der Waals surface area contributed by atoms with Gasteiger partial charge in [-0.25, -0.2) is 4.79 Å². The number of rotatable bonds is 7. The molecule has 0 radical (unpaired) electrons. The van der Waals surface area contributed by atoms with Gasteiger partial charge in [-0.3, -0.25) is 14.2 Å². The second-order valence-electron chi connectivity index (χ2n) is 4.87. The molecule has 1 aromatic rings. The summed E-state index contributed by atoms with van der Waals surface area (Å²) in [5.74, 6) is -1.11. The highest BCUT2D eigenvalue weighted by Crippen LogP contribution is 2.10. The second-order valence-corrected chi connectivity index (χ2v) is 4.87. The molecule has 21 heavy (non-hydrogen) atoms. The lowest BCUT2D eigenvalue weighted by molar-refractivity contribution is -0.136. The first kappa shape index (κ1) is 16.9. The molecule has 7 heteroatoms. The number of carbonyl (C=O) groups is 2. The predicted molar refractivity (Wildman–Crippen MR) is 77.2 cm³/mol. The van der Waals surface area contributed by atoms with Crippen LogP contribution in [0.25, 0.3) is 0 Å². The average Bonchev–Trinajstić information content (AvgIpc) is 2.40. The quantitative estimate of drug-likeness (QED) is 0.758. The van der Waals surface area contributed by atoms with Gasteiger partial charge < -0.3 is 10.4 Å². The molecule has 0 unspecified atom stereocenters. The summed E-state index contributed by atoms with van der Waals surface area (Å²) in [6.07, 6.45) is 0.824. The van der Waals surface area contributed by atoms with E-state index in [-0.39, 0.29) is 25.3 Å². The van der Waals surface area contributed by atoms with Crippen LogP contribution in [0, 0.1) is 13.8 Å². The third-order valence-electron chi connectivity index (χ3n) is 3.24. The largest absolute Gasteiger partial charge is 0.481 e. The maximum atomic E-state index is 11.9. The number of carboxylic acid groups (broad SMARTS) is 1. The zero-order valence-electron chi connectivity index (χ0n) is 12.6. The topological polar surface area (TPSA) is 101 Å². The summed E-state index contributed by atoms with van der Waals surface area (Å²) in [4.78, 5) is 38.2. The highest BCUT2D eigenvalue weighted by Gasteiger charge is 2.14. The first-order valence-electron chi connectivity index (χ1n) is 6.92. The van der Waals surface area contributed by atoms with Crippen LogP contribution in [0.4, 0.5) is 0 Å². The molecule has 0 saturated carbocycles. The van der Waals surface area contributed by atoms with E-state index in [1.807, 2.05) is 6.92 Å². The van der Waals surface area contributed by atoms with Crippen molar-refractivity contribution in [2.24, 2.45) is 0 Å². The Kier molecular flexibility index (Phi) is 6.08. The van der Waals surface area contributed by atoms with E-state index in [1.165, 1.54) is 4.57 Å². The van der Waals surface area contributed by atoms with E-state index in [1.54, 1.807) is 13.8 Å². The van der Waals surface area contributed by atoms with Crippen molar-refractivity contribution < 1.29 is 14.7 Å². The van der Waals surface area contributed by atoms with E-state index in [4.69, 9.17) is 5.11 Å². The van der Waals surface area contributed by atoms with Crippen molar-refractivity contribution in [2.75, 3.05) is 6.54 Å². The molecule has 1 aromatic heterocycles. The van der Waals surface area contributed by atoms with Gasteiger partial charge in [-0.15, -0.1) is 0 Å². The van der Waals surface area contributed by atoms with Crippen molar-refractivity contribution in [2.45, 2.75) is 46.6 Å². The van der Waals surface area contributed by atoms with E-state index < -0.39 is 11.7 Å². The van der Waals surface area contributed by atoms with Crippen LogP contribution in [0.2, 0.25) is 0 Å². The second kappa shape index (κ2) is 7.56. The van der Waals surface area contributed by atoms with Crippen molar-refractivity contribution in [3.63, 3.8) is 0 Å². The molecule has 0 spiro atoms. The molecule has 0 aliphatic carbocycles. The van der Waals surface area contributed by atoms with Gasteiger partial charge >= 0.3 is 11.7 Å². The fourth-order valence-electron chi connectivity index (χ4n) is 2.08. The maximum absolute atomic E-state index is 11.9. The van der Waals surface area contributed by atoms with Crippen LogP contribution < -0.4 is 11.0 Å². The van der Waals surface area contributed by atoms with Gasteiger partial charge in [0, 0.05) is 36.5 Å². The van der Waals surface area contributed by atoms with Gasteiger partial charge in [0.2, 0.25) is 5.91 Å². The van der Waals surface area contributed by atoms with Crippen molar-refractivity contribution in [1.82, 2.24) is 14.9 Å². The van der Waals surface area contributed by atoms with Crippen molar-refractivity contribution in [3.8, 4) is 0 Å². The van der Waals surface area contributed by atoms with Crippen molar-refractivity contribution >= 4 is 11.9 Å². The minimum absolute atomic E-state index is 0.136. The van der Waals surface area contributed by atoms with E-state index >= 15 is 0 Å². The number of hydrogen-bond acceptors (Lipinski definition) is 4. The van der Waals surface area contributed by atoms with Crippen LogP contribution in [-0.4, -0.2) is 33.1 Å². The van der Waals surface area contributed by atoms with Crippen LogP contribution in [0.3, 0.4) is 0 Å². The molecule has 116 valence electrons. The molecule has 1 heterocycles. The summed E-state index contributed by atoms with van der Waals surface area (Å²) in [6, 6.07) is 0. The van der Waals surface area contributed by atoms with Crippen molar-refractivity contribution in [1.29, 1.82) is 0 Å². The van der Waals surface area contributed by atoms with Crippen LogP contribution in [0.5, 0.6) is 0 Å². The Morgan fingerprint density at radius 1 is 1.33 bits per heavy atom. The molecule has 0 aliphatic rings. The molecule has 7 nitrogen and oxygen atoms in total. The summed E-state index contributed by atoms with van der Waals surface area (Å²) in [5.41, 5.74) is 1.04. The molecular formula is C14H21N3O4. The van der Waals surface area contributed by atoms with Gasteiger partial charge in [-0.2, -0.15) is 4.98 Å². The molecule has 2 N–H and O–H groups in total. The highest BCUT2D eigenvalue weighted by molar-refractivity contribution is 5.75. The van der Waals surface area contributed by atoms with Crippen LogP contribution in [0.15, 0.2) is 4.79 Å². The number of hydrogen-bond donors (Lipinski definition) is 2. The number of nitrogens with zero attached hydrogens (tertiary/aromatic N) is 2. The number of aromatic nitrogens is 2. The Labute approximate surface area is 123 Å². The Bertz CT molecular complexity index is 593. The van der Waals surface area contributed by atoms with E-state index in [0.29, 0.717) is 23.5 Å². The monoisotopic (exact) mass is 295 g/mol. The van der Waals surface area contributed by atoms with Gasteiger partial charge in [-0.1, -0.05) is 6.92 Å². The molecule has 0 atom stereocenters. The first-order chi connectivity index (χ1) is 9.86. The predicted octanol–water partition coefficient (Wildman–Crippen LogP) is 0.404. The van der Waals surface area contributed by atoms with Crippen LogP contribution in [-0.2, 0) is 22.6 Å². The highest BCUT2D eigenvalue weighted by atomic mass is 16.4. The molecule has 0 fully saturated rings. The minimum atomic E-state index is -0.978. The Morgan fingerprint density at radius 3 is 2.57 bits per heavy atom. The average molecular weight is 295 g/mol. The maximum Gasteiger partial charge on any atom is 0.347 e. The Hall–Kier alpha value is -2.18. The number of amides is 1. The van der Waals surface area contributed by atoms with Crippen molar-refractivity contribution in [3.05, 3.63) is 27.4 Å². The number of nitrogens with one attached hydrogen (secondary N) is 1. The minimum Gasteiger partial charge on any atom is -0.481 e. The molecule has 0 aliphatic heterocycles. The van der Waals surface area contributed by atoms with E-state index in [9.17, 15) is 14.4 Å². The summed E-state index contributed by atoms with van der Waals surface area (Å²) in [7, 11) is 0. The lowest BCUT2D eigenvalue weighted by atomic mass is 10.1. The smallest absolute Gasteiger partial charge is 0.347 e. The first-order valence-corrected chi connectivity index (χ1v) is 6.92. The van der Waals surface area contributed by atoms with Crippen LogP contribution in [0.1, 0.15) is 36.7 Å². The zero-order valence-corrected chi connectivity index (χ0v) is 12.6. The number of aryl methyl sites for hydroxylation is 1. The van der Waals surface area contributed by atoms with Gasteiger partial charge in [-0.05, 0) is 20.3 Å². The normalized spacial score (nSPS) is 10.4. The van der Waals surface area contributed by atoms with Crippen LogP contribution >= 0.6 is 0 Å². The molecule has 1 rings (SSSR count). The Morgan fingerprint density at radius 2 is 2.00 bits per heavy atom. The fourth-order valence-corrected chi connectivity index (χ4v) is 2.08. The van der Waals surface area contributed by atoms with Gasteiger partial charge in [0.15, 0.2) is 0 Å². The van der Waals surface area contributed by atoms with Gasteiger partial charge in [0.1, 0.15) is 0 Å². The summed E-state index contributed by atoms with van der Waals surface area (Å²) < 4.78 is 1.36. The summed E-state index contributed by atoms with van der Waals surface area (Å²) in [5, 5.41) is 11.6. The third-order valence-corrected chi connectivity index (χ3v) is 3.24. The van der Waals surface area contributed by atoms with E-state index in [2.05, 4.69) is 10.3 Å². The lowest BCUT2D eigenvalue weighted by Gasteiger charge is -2.14. The Balaban J connectivity index is 2.94. The summed E-state index contributed by atoms with van der Waals surface area (Å²) in [6.45, 7) is 6.05. The standard InChI is InChI=1S/C14H21N3O4/c1-4-6-15-12(18)5-7-17-10(3)11(8-13(19)20)9(2)16-14(17)21/h4-8H2,1-3H3,(H,15,18)(H,19,20). The van der Waals surface area contributed by atoms with Gasteiger partial charge in [0.25, 0.3) is 0 Å². The number of carboxylic acids is 1. The third kappa shape index (κ3) is 4.70. The fraction of sp³-hybridized carbons (Fsp3) is 0.571. The van der Waals surface area contributed by atoms with E-state index in [0.717, 1.165) is 6.42 Å².